The van der Waals surface area contributed by atoms with Crippen molar-refractivity contribution in [2.75, 3.05) is 26.7 Å². The van der Waals surface area contributed by atoms with Gasteiger partial charge in [0.1, 0.15) is 11.9 Å². The van der Waals surface area contributed by atoms with Gasteiger partial charge in [-0.2, -0.15) is 0 Å². The van der Waals surface area contributed by atoms with Crippen LogP contribution in [0.25, 0.3) is 0 Å². The van der Waals surface area contributed by atoms with Gasteiger partial charge >= 0.3 is 0 Å². The molecule has 0 radical (unpaired) electrons. The summed E-state index contributed by atoms with van der Waals surface area (Å²) < 4.78 is 5.78. The van der Waals surface area contributed by atoms with E-state index in [4.69, 9.17) is 10.6 Å². The second-order valence-corrected chi connectivity index (χ2v) is 4.23. The smallest absolute Gasteiger partial charge is 0.124 e. The van der Waals surface area contributed by atoms with Crippen molar-refractivity contribution < 1.29 is 9.57 Å². The fraction of sp³-hybridized carbons (Fsp3) is 0.500. The van der Waals surface area contributed by atoms with Crippen LogP contribution < -0.4 is 10.6 Å². The zero-order chi connectivity index (χ0) is 11.4. The molecule has 88 valence electrons. The number of likely N-dealkylation sites (N-methyl/N-ethyl adjacent to an activating group) is 1. The highest BCUT2D eigenvalue weighted by Gasteiger charge is 2.24. The number of likely N-dealkylation sites (tertiary alicyclic amines) is 1. The zero-order valence-corrected chi connectivity index (χ0v) is 9.56. The maximum Gasteiger partial charge on any atom is 0.124 e. The van der Waals surface area contributed by atoms with E-state index in [1.54, 1.807) is 0 Å². The molecule has 4 nitrogen and oxygen atoms in total. The first kappa shape index (κ1) is 11.4. The zero-order valence-electron chi connectivity index (χ0n) is 9.56. The number of nitrogens with two attached hydrogens (primary N) is 1. The van der Waals surface area contributed by atoms with E-state index >= 15 is 0 Å². The van der Waals surface area contributed by atoms with Crippen molar-refractivity contribution in [2.24, 2.45) is 5.90 Å². The Bertz CT molecular complexity index is 320. The molecule has 16 heavy (non-hydrogen) atoms. The molecule has 1 heterocycles. The van der Waals surface area contributed by atoms with Crippen LogP contribution in [0.2, 0.25) is 0 Å². The summed E-state index contributed by atoms with van der Waals surface area (Å²) in [5.41, 5.74) is 1.21. The Morgan fingerprint density at radius 1 is 1.31 bits per heavy atom. The Kier molecular flexibility index (Phi) is 3.77. The van der Waals surface area contributed by atoms with Gasteiger partial charge in [-0.25, -0.2) is 5.90 Å². The summed E-state index contributed by atoms with van der Waals surface area (Å²) in [6.45, 7) is 2.58. The summed E-state index contributed by atoms with van der Waals surface area (Å²) >= 11 is 0. The molecule has 0 amide bonds. The van der Waals surface area contributed by atoms with Crippen molar-refractivity contribution in [1.29, 1.82) is 0 Å². The van der Waals surface area contributed by atoms with E-state index in [2.05, 4.69) is 28.9 Å². The van der Waals surface area contributed by atoms with E-state index in [-0.39, 0.29) is 0 Å². The highest BCUT2D eigenvalue weighted by atomic mass is 16.6. The standard InChI is InChI=1S/C12H18N2O2/c1-14-8-12(9-14)16-11-4-2-10(3-5-11)6-7-15-13/h2-5,12H,6-9,13H2,1H3. The summed E-state index contributed by atoms with van der Waals surface area (Å²) in [5.74, 6) is 5.92. The fourth-order valence-corrected chi connectivity index (χ4v) is 1.82. The van der Waals surface area contributed by atoms with Gasteiger partial charge in [-0.1, -0.05) is 12.1 Å². The Morgan fingerprint density at radius 3 is 2.56 bits per heavy atom. The van der Waals surface area contributed by atoms with E-state index in [1.165, 1.54) is 5.56 Å². The lowest BCUT2D eigenvalue weighted by molar-refractivity contribution is 0.0388. The Labute approximate surface area is 95.9 Å². The van der Waals surface area contributed by atoms with Gasteiger partial charge in [0, 0.05) is 13.1 Å². The summed E-state index contributed by atoms with van der Waals surface area (Å²) in [6.07, 6.45) is 1.19. The predicted molar refractivity (Wildman–Crippen MR) is 62.2 cm³/mol. The van der Waals surface area contributed by atoms with E-state index < -0.39 is 0 Å². The second-order valence-electron chi connectivity index (χ2n) is 4.23. The number of rotatable bonds is 5. The van der Waals surface area contributed by atoms with Gasteiger partial charge in [-0.3, -0.25) is 4.90 Å². The molecule has 1 aromatic rings. The summed E-state index contributed by atoms with van der Waals surface area (Å²) in [6, 6.07) is 8.11. The molecule has 0 spiro atoms. The lowest BCUT2D eigenvalue weighted by Crippen LogP contribution is -2.51. The molecule has 0 aromatic heterocycles. The monoisotopic (exact) mass is 222 g/mol. The maximum atomic E-state index is 5.78. The number of ether oxygens (including phenoxy) is 1. The van der Waals surface area contributed by atoms with Crippen molar-refractivity contribution in [3.63, 3.8) is 0 Å². The van der Waals surface area contributed by atoms with Crippen LogP contribution in [-0.4, -0.2) is 37.7 Å². The molecule has 2 rings (SSSR count). The molecule has 0 bridgehead atoms. The third-order valence-corrected chi connectivity index (χ3v) is 2.77. The summed E-state index contributed by atoms with van der Waals surface area (Å²) in [5, 5.41) is 0. The third-order valence-electron chi connectivity index (χ3n) is 2.77. The lowest BCUT2D eigenvalue weighted by atomic mass is 10.1. The molecule has 1 aliphatic rings. The topological polar surface area (TPSA) is 47.7 Å². The minimum Gasteiger partial charge on any atom is -0.488 e. The van der Waals surface area contributed by atoms with Crippen LogP contribution in [0.4, 0.5) is 0 Å². The normalized spacial score (nSPS) is 17.1. The average Bonchev–Trinajstić information content (AvgIpc) is 2.26. The van der Waals surface area contributed by atoms with Gasteiger partial charge in [0.2, 0.25) is 0 Å². The van der Waals surface area contributed by atoms with Crippen molar-refractivity contribution in [1.82, 2.24) is 4.90 Å². The molecule has 2 N–H and O–H groups in total. The van der Waals surface area contributed by atoms with Gasteiger partial charge in [-0.05, 0) is 31.2 Å². The minimum absolute atomic E-state index is 0.350. The fourth-order valence-electron chi connectivity index (χ4n) is 1.82. The first-order valence-electron chi connectivity index (χ1n) is 5.54. The number of hydrogen-bond acceptors (Lipinski definition) is 4. The molecule has 4 heteroatoms. The third kappa shape index (κ3) is 2.95. The molecule has 1 saturated heterocycles. The minimum atomic E-state index is 0.350. The first-order chi connectivity index (χ1) is 7.78. The van der Waals surface area contributed by atoms with Crippen LogP contribution in [0.5, 0.6) is 5.75 Å². The average molecular weight is 222 g/mol. The van der Waals surface area contributed by atoms with Gasteiger partial charge in [0.15, 0.2) is 0 Å². The van der Waals surface area contributed by atoms with Crippen LogP contribution in [0.15, 0.2) is 24.3 Å². The Hall–Kier alpha value is -1.10. The molecule has 0 unspecified atom stereocenters. The molecule has 1 aliphatic heterocycles. The molecule has 1 aromatic carbocycles. The summed E-state index contributed by atoms with van der Waals surface area (Å²) in [7, 11) is 2.09. The van der Waals surface area contributed by atoms with Crippen molar-refractivity contribution in [3.8, 4) is 5.75 Å². The number of hydrogen-bond donors (Lipinski definition) is 1. The van der Waals surface area contributed by atoms with Gasteiger partial charge in [0.25, 0.3) is 0 Å². The van der Waals surface area contributed by atoms with E-state index in [0.29, 0.717) is 12.7 Å². The van der Waals surface area contributed by atoms with E-state index in [9.17, 15) is 0 Å². The quantitative estimate of drug-likeness (QED) is 0.749. The first-order valence-corrected chi connectivity index (χ1v) is 5.54. The van der Waals surface area contributed by atoms with Gasteiger partial charge < -0.3 is 9.57 Å². The highest BCUT2D eigenvalue weighted by molar-refractivity contribution is 5.27. The number of nitrogens with zero attached hydrogens (tertiary/aromatic N) is 1. The van der Waals surface area contributed by atoms with Crippen LogP contribution in [0.1, 0.15) is 5.56 Å². The Balaban J connectivity index is 1.82. The second kappa shape index (κ2) is 5.30. The van der Waals surface area contributed by atoms with Gasteiger partial charge in [0.05, 0.1) is 6.61 Å². The van der Waals surface area contributed by atoms with Crippen molar-refractivity contribution >= 4 is 0 Å². The molecule has 0 atom stereocenters. The van der Waals surface area contributed by atoms with Crippen LogP contribution in [-0.2, 0) is 11.3 Å². The lowest BCUT2D eigenvalue weighted by Gasteiger charge is -2.36. The van der Waals surface area contributed by atoms with E-state index in [0.717, 1.165) is 25.3 Å². The largest absolute Gasteiger partial charge is 0.488 e. The molecular weight excluding hydrogens is 204 g/mol. The molecule has 0 saturated carbocycles. The predicted octanol–water partition coefficient (Wildman–Crippen LogP) is 0.812. The van der Waals surface area contributed by atoms with Crippen molar-refractivity contribution in [3.05, 3.63) is 29.8 Å². The van der Waals surface area contributed by atoms with Crippen LogP contribution >= 0.6 is 0 Å². The van der Waals surface area contributed by atoms with Crippen molar-refractivity contribution in [2.45, 2.75) is 12.5 Å². The maximum absolute atomic E-state index is 5.78. The molecule has 1 fully saturated rings. The van der Waals surface area contributed by atoms with Gasteiger partial charge in [-0.15, -0.1) is 0 Å². The van der Waals surface area contributed by atoms with Crippen LogP contribution in [0, 0.1) is 0 Å². The molecular formula is C12H18N2O2. The highest BCUT2D eigenvalue weighted by Crippen LogP contribution is 2.17. The SMILES string of the molecule is CN1CC(Oc2ccc(CCON)cc2)C1. The van der Waals surface area contributed by atoms with E-state index in [1.807, 2.05) is 12.1 Å². The van der Waals surface area contributed by atoms with Crippen LogP contribution in [0.3, 0.4) is 0 Å². The Morgan fingerprint density at radius 2 is 2.00 bits per heavy atom. The number of benzene rings is 1. The molecule has 0 aliphatic carbocycles. The summed E-state index contributed by atoms with van der Waals surface area (Å²) in [4.78, 5) is 6.78.